The van der Waals surface area contributed by atoms with Crippen LogP contribution in [-0.4, -0.2) is 59.6 Å². The summed E-state index contributed by atoms with van der Waals surface area (Å²) in [5.41, 5.74) is 1.19. The van der Waals surface area contributed by atoms with Gasteiger partial charge in [-0.3, -0.25) is 14.7 Å². The van der Waals surface area contributed by atoms with Crippen LogP contribution in [0.25, 0.3) is 10.9 Å². The van der Waals surface area contributed by atoms with Crippen LogP contribution in [0, 0.1) is 0 Å². The number of hydrogen-bond acceptors (Lipinski definition) is 4. The van der Waals surface area contributed by atoms with Crippen molar-refractivity contribution in [2.24, 2.45) is 0 Å². The van der Waals surface area contributed by atoms with Crippen LogP contribution in [0.3, 0.4) is 0 Å². The predicted octanol–water partition coefficient (Wildman–Crippen LogP) is 0.505. The van der Waals surface area contributed by atoms with E-state index in [2.05, 4.69) is 20.8 Å². The highest BCUT2D eigenvalue weighted by Gasteiger charge is 2.17. The number of carbonyl (C=O) groups is 2. The topological polar surface area (TPSA) is 90.1 Å². The molecule has 7 nitrogen and oxygen atoms in total. The van der Waals surface area contributed by atoms with Gasteiger partial charge in [0.05, 0.1) is 5.52 Å². The quantitative estimate of drug-likeness (QED) is 0.766. The lowest BCUT2D eigenvalue weighted by Gasteiger charge is -2.19. The van der Waals surface area contributed by atoms with Crippen molar-refractivity contribution in [1.29, 1.82) is 0 Å². The molecule has 2 amide bonds. The number of para-hydroxylation sites is 1. The molecule has 1 aliphatic rings. The number of carbonyl (C=O) groups excluding carboxylic acids is 2. The van der Waals surface area contributed by atoms with E-state index in [4.69, 9.17) is 0 Å². The SMILES string of the molecule is O=C(NCCC(=O)N1CCCNCC1)c1n[nH]c2ccccc12. The fourth-order valence-electron chi connectivity index (χ4n) is 2.76. The van der Waals surface area contributed by atoms with Crippen molar-refractivity contribution in [2.75, 3.05) is 32.7 Å². The number of rotatable bonds is 4. The second-order valence-corrected chi connectivity index (χ2v) is 5.61. The lowest BCUT2D eigenvalue weighted by atomic mass is 10.2. The zero-order valence-electron chi connectivity index (χ0n) is 13.0. The Kier molecular flexibility index (Phi) is 4.87. The molecule has 2 heterocycles. The summed E-state index contributed by atoms with van der Waals surface area (Å²) in [7, 11) is 0. The number of H-pyrrole nitrogens is 1. The standard InChI is InChI=1S/C16H21N5O2/c22-14(21-10-3-7-17-9-11-21)6-8-18-16(23)15-12-4-1-2-5-13(12)19-20-15/h1-2,4-5,17H,3,6-11H2,(H,18,23)(H,19,20). The average Bonchev–Trinajstić information content (AvgIpc) is 2.80. The van der Waals surface area contributed by atoms with E-state index in [1.807, 2.05) is 29.2 Å². The summed E-state index contributed by atoms with van der Waals surface area (Å²) in [6.45, 7) is 3.62. The first-order chi connectivity index (χ1) is 11.3. The van der Waals surface area contributed by atoms with E-state index in [0.717, 1.165) is 43.5 Å². The molecular formula is C16H21N5O2. The van der Waals surface area contributed by atoms with Crippen molar-refractivity contribution in [3.63, 3.8) is 0 Å². The second-order valence-electron chi connectivity index (χ2n) is 5.61. The number of nitrogens with zero attached hydrogens (tertiary/aromatic N) is 2. The Labute approximate surface area is 134 Å². The molecule has 0 aliphatic carbocycles. The molecule has 1 aliphatic heterocycles. The summed E-state index contributed by atoms with van der Waals surface area (Å²) >= 11 is 0. The Balaban J connectivity index is 1.52. The van der Waals surface area contributed by atoms with Crippen LogP contribution in [0.4, 0.5) is 0 Å². The Bertz CT molecular complexity index is 689. The first kappa shape index (κ1) is 15.5. The second kappa shape index (κ2) is 7.23. The largest absolute Gasteiger partial charge is 0.350 e. The van der Waals surface area contributed by atoms with Gasteiger partial charge in [0.2, 0.25) is 5.91 Å². The van der Waals surface area contributed by atoms with Crippen molar-refractivity contribution in [3.05, 3.63) is 30.0 Å². The maximum atomic E-state index is 12.2. The Morgan fingerprint density at radius 1 is 1.22 bits per heavy atom. The Hall–Kier alpha value is -2.41. The van der Waals surface area contributed by atoms with Gasteiger partial charge in [-0.1, -0.05) is 18.2 Å². The maximum Gasteiger partial charge on any atom is 0.272 e. The van der Waals surface area contributed by atoms with Gasteiger partial charge in [0, 0.05) is 38.0 Å². The molecule has 0 atom stereocenters. The lowest BCUT2D eigenvalue weighted by Crippen LogP contribution is -2.36. The molecule has 0 bridgehead atoms. The number of fused-ring (bicyclic) bond motifs is 1. The fourth-order valence-corrected chi connectivity index (χ4v) is 2.76. The molecule has 0 spiro atoms. The van der Waals surface area contributed by atoms with E-state index in [9.17, 15) is 9.59 Å². The third-order valence-electron chi connectivity index (χ3n) is 4.00. The van der Waals surface area contributed by atoms with Crippen LogP contribution < -0.4 is 10.6 Å². The van der Waals surface area contributed by atoms with Crippen LogP contribution >= 0.6 is 0 Å². The van der Waals surface area contributed by atoms with E-state index in [0.29, 0.717) is 18.7 Å². The predicted molar refractivity (Wildman–Crippen MR) is 87.1 cm³/mol. The molecule has 23 heavy (non-hydrogen) atoms. The number of amides is 2. The summed E-state index contributed by atoms with van der Waals surface area (Å²) < 4.78 is 0. The van der Waals surface area contributed by atoms with Gasteiger partial charge in [0.25, 0.3) is 5.91 Å². The number of aromatic nitrogens is 2. The van der Waals surface area contributed by atoms with Crippen LogP contribution in [0.1, 0.15) is 23.3 Å². The highest BCUT2D eigenvalue weighted by molar-refractivity contribution is 6.04. The molecule has 1 saturated heterocycles. The third kappa shape index (κ3) is 3.68. The van der Waals surface area contributed by atoms with Gasteiger partial charge < -0.3 is 15.5 Å². The number of benzene rings is 1. The Morgan fingerprint density at radius 2 is 2.09 bits per heavy atom. The molecule has 0 radical (unpaired) electrons. The minimum absolute atomic E-state index is 0.0842. The normalized spacial score (nSPS) is 15.4. The lowest BCUT2D eigenvalue weighted by molar-refractivity contribution is -0.130. The van der Waals surface area contributed by atoms with Crippen molar-refractivity contribution < 1.29 is 9.59 Å². The van der Waals surface area contributed by atoms with Crippen LogP contribution in [0.5, 0.6) is 0 Å². The molecule has 2 aromatic rings. The molecule has 122 valence electrons. The van der Waals surface area contributed by atoms with Gasteiger partial charge >= 0.3 is 0 Å². The highest BCUT2D eigenvalue weighted by atomic mass is 16.2. The molecule has 1 aromatic carbocycles. The van der Waals surface area contributed by atoms with Gasteiger partial charge in [-0.15, -0.1) is 0 Å². The molecule has 3 N–H and O–H groups in total. The van der Waals surface area contributed by atoms with Crippen molar-refractivity contribution in [1.82, 2.24) is 25.7 Å². The summed E-state index contributed by atoms with van der Waals surface area (Å²) in [5.74, 6) is -0.173. The molecule has 7 heteroatoms. The fraction of sp³-hybridized carbons (Fsp3) is 0.438. The van der Waals surface area contributed by atoms with E-state index in [1.54, 1.807) is 0 Å². The van der Waals surface area contributed by atoms with E-state index in [-0.39, 0.29) is 11.8 Å². The molecule has 3 rings (SSSR count). The zero-order chi connectivity index (χ0) is 16.1. The smallest absolute Gasteiger partial charge is 0.272 e. The van der Waals surface area contributed by atoms with Gasteiger partial charge in [-0.25, -0.2) is 0 Å². The molecule has 0 unspecified atom stereocenters. The Morgan fingerprint density at radius 3 is 3.00 bits per heavy atom. The molecule has 1 aromatic heterocycles. The van der Waals surface area contributed by atoms with Gasteiger partial charge in [-0.05, 0) is 19.0 Å². The van der Waals surface area contributed by atoms with Gasteiger partial charge in [-0.2, -0.15) is 5.10 Å². The average molecular weight is 315 g/mol. The van der Waals surface area contributed by atoms with Crippen LogP contribution in [0.2, 0.25) is 0 Å². The van der Waals surface area contributed by atoms with E-state index in [1.165, 1.54) is 0 Å². The minimum atomic E-state index is -0.257. The first-order valence-electron chi connectivity index (χ1n) is 7.95. The first-order valence-corrected chi connectivity index (χ1v) is 7.95. The highest BCUT2D eigenvalue weighted by Crippen LogP contribution is 2.14. The van der Waals surface area contributed by atoms with Crippen LogP contribution in [-0.2, 0) is 4.79 Å². The summed E-state index contributed by atoms with van der Waals surface area (Å²) in [6, 6.07) is 7.47. The zero-order valence-corrected chi connectivity index (χ0v) is 13.0. The summed E-state index contributed by atoms with van der Waals surface area (Å²) in [4.78, 5) is 26.2. The van der Waals surface area contributed by atoms with Crippen molar-refractivity contribution in [3.8, 4) is 0 Å². The van der Waals surface area contributed by atoms with Crippen molar-refractivity contribution in [2.45, 2.75) is 12.8 Å². The van der Waals surface area contributed by atoms with Crippen LogP contribution in [0.15, 0.2) is 24.3 Å². The summed E-state index contributed by atoms with van der Waals surface area (Å²) in [5, 5.41) is 13.7. The monoisotopic (exact) mass is 315 g/mol. The summed E-state index contributed by atoms with van der Waals surface area (Å²) in [6.07, 6.45) is 1.28. The number of hydrogen-bond donors (Lipinski definition) is 3. The van der Waals surface area contributed by atoms with E-state index < -0.39 is 0 Å². The maximum absolute atomic E-state index is 12.2. The molecule has 0 saturated carbocycles. The third-order valence-corrected chi connectivity index (χ3v) is 4.00. The minimum Gasteiger partial charge on any atom is -0.350 e. The van der Waals surface area contributed by atoms with E-state index >= 15 is 0 Å². The molecule has 1 fully saturated rings. The van der Waals surface area contributed by atoms with Crippen molar-refractivity contribution >= 4 is 22.7 Å². The number of nitrogens with one attached hydrogen (secondary N) is 3. The van der Waals surface area contributed by atoms with Gasteiger partial charge in [0.15, 0.2) is 5.69 Å². The molecular weight excluding hydrogens is 294 g/mol. The number of aromatic amines is 1. The van der Waals surface area contributed by atoms with Gasteiger partial charge in [0.1, 0.15) is 0 Å².